The number of aliphatic hydroxyl groups excluding tert-OH is 4. The Morgan fingerprint density at radius 1 is 0.392 bits per heavy atom. The minimum atomic E-state index is -3.32. The zero-order valence-corrected chi connectivity index (χ0v) is 98.4. The number of phenolic OH excluding ortho intramolecular Hbond substituents is 3. The third-order valence-corrected chi connectivity index (χ3v) is 20.6. The standard InChI is InChI=1S/2C23H38NO7P.C20H31NO5.C11H24N2O2.C8H8O4.C6H6O.C3H9BrSi.C3H8ClO2P.C2H2O3.2CH2Cl2.CH4/c2*1-6-29-32(5,28)31-20-16-12-11-14-18(20)21(26)19(25)15-10-8-7-9-13-17-24-22(27)30-23(2,3)4;1-20(2,3)26-19(25)21-14-10-6-4-5-7-13-17(23)18(24)15-11-8-9-12-16(15)22;1-11(2,3)15-10(14)13-9-7-5-4-6-8-12;9-6-4-2-1-3-5(6)7(10)8(11)12;7-6-4-2-1-3-5-6;1-5(2,3)4;1-3-6-7(2,4)5;3-1-2(4)5;2*2-1-3;/h2*11-12,14,16,21,26H,6-10,13,15,17H2,1-5H3,(H,24,27);8-9,11-12,18,22,24H,4-7,10,13-14H2,1-3H3,(H,21,25);4-9,12H2,1-3H3,(H,13,14);1-4,7,9-10H,(H,11,12);1-5,7H;1-3H3;3H2,1-2H3;1H,(H,4,5);2*1H2;1H4. The van der Waals surface area contributed by atoms with E-state index in [1.165, 1.54) is 38.2 Å². The highest BCUT2D eigenvalue weighted by molar-refractivity contribution is 9.26. The molecule has 0 radical (unpaired) electrons. The predicted molar refractivity (Wildman–Crippen MR) is 596 cm³/mol. The fourth-order valence-electron chi connectivity index (χ4n) is 11.1. The zero-order valence-electron chi connectivity index (χ0n) is 89.3. The summed E-state index contributed by atoms with van der Waals surface area (Å²) >= 11 is 27.7. The van der Waals surface area contributed by atoms with Crippen LogP contribution in [0.5, 0.6) is 28.7 Å². The average Bonchev–Trinajstić information content (AvgIpc) is 0.823. The number of rotatable bonds is 49. The quantitative estimate of drug-likeness (QED) is 0.00251. The molecule has 7 unspecified atom stereocenters. The molecule has 0 heterocycles. The van der Waals surface area contributed by atoms with E-state index in [0.717, 1.165) is 109 Å². The van der Waals surface area contributed by atoms with Gasteiger partial charge < -0.3 is 115 Å². The number of para-hydroxylation sites is 5. The average molecular weight is 2340 g/mol. The summed E-state index contributed by atoms with van der Waals surface area (Å²) in [7, 11) is -6.65. The largest absolute Gasteiger partial charge is 0.508 e. The lowest BCUT2D eigenvalue weighted by molar-refractivity contribution is -0.147. The summed E-state index contributed by atoms with van der Waals surface area (Å²) < 4.78 is 81.2. The molecule has 15 N–H and O–H groups in total. The van der Waals surface area contributed by atoms with Crippen LogP contribution in [-0.4, -0.2) is 218 Å². The van der Waals surface area contributed by atoms with Gasteiger partial charge in [-0.25, -0.2) is 37.9 Å². The number of unbranched alkanes of at least 4 members (excludes halogenated alkanes) is 15. The van der Waals surface area contributed by atoms with Crippen LogP contribution in [0.2, 0.25) is 19.6 Å². The number of carbonyl (C=O) groups is 10. The molecule has 0 fully saturated rings. The summed E-state index contributed by atoms with van der Waals surface area (Å²) in [6.07, 6.45) is 10.4. The lowest BCUT2D eigenvalue weighted by Gasteiger charge is -2.19. The molecular weight excluding hydrogens is 2170 g/mol. The third kappa shape index (κ3) is 100. The topological polar surface area (TPSA) is 561 Å². The number of ether oxygens (including phenoxy) is 4. The molecule has 7 atom stereocenters. The van der Waals surface area contributed by atoms with E-state index in [2.05, 4.69) is 60.7 Å². The Labute approximate surface area is 912 Å². The first kappa shape index (κ1) is 153. The van der Waals surface area contributed by atoms with Crippen LogP contribution in [0, 0.1) is 0 Å². The van der Waals surface area contributed by atoms with Gasteiger partial charge in [-0.05, 0) is 209 Å². The van der Waals surface area contributed by atoms with Crippen molar-refractivity contribution in [2.45, 2.75) is 319 Å². The van der Waals surface area contributed by atoms with Crippen molar-refractivity contribution in [3.63, 3.8) is 0 Å². The number of carbonyl (C=O) groups excluding carboxylic acids is 8. The SMILES string of the molecule is C.CC(C)(C)OC(=O)NCCCCCCCC(=O)C(O)c1ccccc1O.CC(C)(C)OC(=O)NCCCCCCN.CCOP(C)(=O)Cl.CCOP(C)(=O)Oc1ccccc1C(O)C(=O)CCCCCCCNC(=O)OC(C)(C)C.CCOP(C)(=O)Oc1ccccc1C(O)C(=O)CCCCCCCNC(=O)OC(C)(C)C.C[Si](C)(C)Br.ClCCl.ClCCl.O=C(O)C(O)c1ccccc1O.O=CC(=O)O.Oc1ccccc1. The highest BCUT2D eigenvalue weighted by Crippen LogP contribution is 2.49. The van der Waals surface area contributed by atoms with Crippen molar-refractivity contribution in [1.29, 1.82) is 0 Å². The van der Waals surface area contributed by atoms with Gasteiger partial charge in [-0.2, -0.15) is 0 Å². The molecule has 4 amide bonds. The fraction of sp³-hybridized carbons (Fsp3) is 0.608. The number of aliphatic hydroxyl groups is 4. The lowest BCUT2D eigenvalue weighted by atomic mass is 10.00. The van der Waals surface area contributed by atoms with Gasteiger partial charge in [-0.15, -0.1) is 61.7 Å². The second-order valence-electron chi connectivity index (χ2n) is 36.8. The maximum Gasteiger partial charge on any atom is 0.407 e. The number of nitrogens with two attached hydrogens (primary N) is 1. The van der Waals surface area contributed by atoms with Gasteiger partial charge in [0, 0.05) is 87.7 Å². The number of benzene rings is 5. The Hall–Kier alpha value is -7.68. The normalized spacial score (nSPS) is 12.7. The zero-order chi connectivity index (χ0) is 114. The smallest absolute Gasteiger partial charge is 0.407 e. The number of alkyl carbamates (subject to hydrolysis) is 4. The van der Waals surface area contributed by atoms with E-state index in [0.29, 0.717) is 57.8 Å². The highest BCUT2D eigenvalue weighted by Gasteiger charge is 2.29. The summed E-state index contributed by atoms with van der Waals surface area (Å²) in [5, 5.41) is 94.4. The highest BCUT2D eigenvalue weighted by atomic mass is 79.9. The Kier molecular flexibility index (Phi) is 91.9. The van der Waals surface area contributed by atoms with Crippen LogP contribution < -0.4 is 36.0 Å². The second kappa shape index (κ2) is 88.7. The number of aliphatic carboxylic acids is 2. The van der Waals surface area contributed by atoms with Crippen LogP contribution >= 0.6 is 94.9 Å². The molecule has 0 saturated heterocycles. The van der Waals surface area contributed by atoms with Gasteiger partial charge in [0.15, 0.2) is 23.5 Å². The van der Waals surface area contributed by atoms with Gasteiger partial charge in [0.1, 0.15) is 76.2 Å². The molecule has 0 spiro atoms. The first-order chi connectivity index (χ1) is 68.2. The third-order valence-electron chi connectivity index (χ3n) is 17.1. The van der Waals surface area contributed by atoms with Gasteiger partial charge in [-0.3, -0.25) is 23.7 Å². The fourth-order valence-corrected chi connectivity index (χ4v) is 14.0. The van der Waals surface area contributed by atoms with Crippen LogP contribution in [0.4, 0.5) is 19.2 Å². The molecule has 0 bridgehead atoms. The van der Waals surface area contributed by atoms with Crippen molar-refractivity contribution in [1.82, 2.24) is 21.3 Å². The Bertz CT molecular complexity index is 4410. The van der Waals surface area contributed by atoms with E-state index in [1.54, 1.807) is 124 Å². The number of phenols is 3. The van der Waals surface area contributed by atoms with Crippen LogP contribution in [0.25, 0.3) is 0 Å². The number of aromatic hydroxyl groups is 3. The minimum absolute atomic E-state index is 0. The molecule has 5 aromatic carbocycles. The summed E-state index contributed by atoms with van der Waals surface area (Å²) in [6.45, 7) is 38.4. The van der Waals surface area contributed by atoms with Crippen molar-refractivity contribution < 1.29 is 149 Å². The predicted octanol–water partition coefficient (Wildman–Crippen LogP) is 25.6. The maximum atomic E-state index is 12.4. The molecule has 0 aliphatic heterocycles. The summed E-state index contributed by atoms with van der Waals surface area (Å²) in [6, 6.07) is 33.8. The van der Waals surface area contributed by atoms with E-state index < -0.39 is 106 Å². The summed E-state index contributed by atoms with van der Waals surface area (Å²) in [5.74, 6) is -3.29. The van der Waals surface area contributed by atoms with Gasteiger partial charge >= 0.3 is 51.5 Å². The van der Waals surface area contributed by atoms with E-state index in [4.69, 9.17) is 136 Å². The number of aldehydes is 1. The molecule has 36 nitrogen and oxygen atoms in total. The molecule has 5 rings (SSSR count). The van der Waals surface area contributed by atoms with Crippen LogP contribution in [0.3, 0.4) is 0 Å². The number of ketones is 3. The van der Waals surface area contributed by atoms with E-state index in [-0.39, 0.29) is 126 Å². The molecular formula is C102H172BrCl5N5O31P3Si. The molecule has 0 aromatic heterocycles. The van der Waals surface area contributed by atoms with Crippen LogP contribution in [0.15, 0.2) is 127 Å². The number of amides is 4. The molecule has 5 aromatic rings. The number of Topliss-reactive ketones (excluding diaryl/α,β-unsaturated/α-hetero) is 3. The Morgan fingerprint density at radius 2 is 0.615 bits per heavy atom. The number of hydrogen-bond acceptors (Lipinski definition) is 30. The molecule has 0 saturated carbocycles. The van der Waals surface area contributed by atoms with Crippen molar-refractivity contribution >= 4 is 161 Å². The Balaban J connectivity index is -0.000000320. The first-order valence-electron chi connectivity index (χ1n) is 48.2. The van der Waals surface area contributed by atoms with E-state index in [9.17, 15) is 72.5 Å². The number of nitrogens with one attached hydrogen (secondary N) is 4. The molecule has 852 valence electrons. The Morgan fingerprint density at radius 3 is 0.831 bits per heavy atom. The van der Waals surface area contributed by atoms with Crippen molar-refractivity contribution in [3.8, 4) is 28.7 Å². The van der Waals surface area contributed by atoms with Crippen molar-refractivity contribution in [3.05, 3.63) is 150 Å². The number of alkyl halides is 4. The number of carboxylic acids is 2. The molecule has 0 aliphatic carbocycles. The molecule has 46 heteroatoms. The number of halogens is 6. The van der Waals surface area contributed by atoms with Crippen molar-refractivity contribution in [2.24, 2.45) is 5.73 Å². The monoisotopic (exact) mass is 2340 g/mol. The van der Waals surface area contributed by atoms with Crippen LogP contribution in [-0.2, 0) is 75.0 Å². The number of carboxylic acid groups (broad SMARTS) is 2. The van der Waals surface area contributed by atoms with Crippen molar-refractivity contribution in [2.75, 3.05) is 83.2 Å². The summed E-state index contributed by atoms with van der Waals surface area (Å²) in [4.78, 5) is 111. The number of hydrogen-bond donors (Lipinski definition) is 14. The first-order valence-corrected chi connectivity index (χ1v) is 63.0. The maximum absolute atomic E-state index is 12.4. The minimum Gasteiger partial charge on any atom is -0.508 e. The second-order valence-corrected chi connectivity index (χ2v) is 57.2. The van der Waals surface area contributed by atoms with Gasteiger partial charge in [0.05, 0.1) is 30.5 Å². The molecule has 148 heavy (non-hydrogen) atoms. The van der Waals surface area contributed by atoms with E-state index in [1.807, 2.05) is 89.2 Å². The van der Waals surface area contributed by atoms with Gasteiger partial charge in [0.25, 0.3) is 6.72 Å². The van der Waals surface area contributed by atoms with Gasteiger partial charge in [-0.1, -0.05) is 189 Å². The van der Waals surface area contributed by atoms with Gasteiger partial charge in [0.2, 0.25) is 6.29 Å². The van der Waals surface area contributed by atoms with E-state index >= 15 is 0 Å². The molecule has 0 aliphatic rings. The lowest BCUT2D eigenvalue weighted by Crippen LogP contribution is -2.33. The van der Waals surface area contributed by atoms with Crippen LogP contribution in [0.1, 0.15) is 299 Å². The summed E-state index contributed by atoms with van der Waals surface area (Å²) in [5.41, 5.74) is 4.29.